The van der Waals surface area contributed by atoms with Crippen molar-refractivity contribution in [2.75, 3.05) is 15.4 Å². The summed E-state index contributed by atoms with van der Waals surface area (Å²) in [5.41, 5.74) is -0.0594. The molecule has 0 unspecified atom stereocenters. The van der Waals surface area contributed by atoms with E-state index < -0.39 is 28.0 Å². The molecule has 0 saturated carbocycles. The highest BCUT2D eigenvalue weighted by molar-refractivity contribution is 9.09. The molecule has 1 amide bonds. The van der Waals surface area contributed by atoms with Gasteiger partial charge in [-0.15, -0.1) is 13.2 Å². The first-order valence-corrected chi connectivity index (χ1v) is 8.31. The number of hydrogen-bond acceptors (Lipinski definition) is 4. The number of carbonyl (C=O) groups is 1. The molecular formula is C11H11BrF3NO4S. The summed E-state index contributed by atoms with van der Waals surface area (Å²) in [5.74, 6) is -1.58. The van der Waals surface area contributed by atoms with Crippen molar-refractivity contribution in [3.05, 3.63) is 24.3 Å². The van der Waals surface area contributed by atoms with Crippen LogP contribution in [0.3, 0.4) is 0 Å². The second-order valence-corrected chi connectivity index (χ2v) is 6.40. The van der Waals surface area contributed by atoms with Crippen molar-refractivity contribution in [2.45, 2.75) is 13.3 Å². The van der Waals surface area contributed by atoms with E-state index in [1.807, 2.05) is 0 Å². The van der Waals surface area contributed by atoms with Gasteiger partial charge in [0.15, 0.2) is 0 Å². The largest absolute Gasteiger partial charge is 0.573 e. The third-order valence-corrected chi connectivity index (χ3v) is 4.47. The SMILES string of the molecule is CCS(=O)(=O)N(C(=O)CBr)c1ccc(OC(F)(F)F)cc1. The summed E-state index contributed by atoms with van der Waals surface area (Å²) in [6.07, 6.45) is -4.84. The lowest BCUT2D eigenvalue weighted by molar-refractivity contribution is -0.274. The number of halogens is 4. The Morgan fingerprint density at radius 3 is 2.19 bits per heavy atom. The molecule has 0 spiro atoms. The second kappa shape index (κ2) is 6.65. The van der Waals surface area contributed by atoms with Gasteiger partial charge < -0.3 is 4.74 Å². The number of rotatable bonds is 5. The van der Waals surface area contributed by atoms with Crippen molar-refractivity contribution < 1.29 is 31.1 Å². The van der Waals surface area contributed by atoms with Crippen LogP contribution in [-0.4, -0.2) is 31.8 Å². The first-order valence-electron chi connectivity index (χ1n) is 5.58. The maximum atomic E-state index is 12.0. The smallest absolute Gasteiger partial charge is 0.406 e. The maximum Gasteiger partial charge on any atom is 0.573 e. The molecule has 118 valence electrons. The van der Waals surface area contributed by atoms with Gasteiger partial charge >= 0.3 is 6.36 Å². The highest BCUT2D eigenvalue weighted by atomic mass is 79.9. The van der Waals surface area contributed by atoms with Gasteiger partial charge in [0.2, 0.25) is 10.0 Å². The maximum absolute atomic E-state index is 12.0. The predicted octanol–water partition coefficient (Wildman–Crippen LogP) is 2.66. The lowest BCUT2D eigenvalue weighted by Gasteiger charge is -2.21. The van der Waals surface area contributed by atoms with Crippen LogP contribution < -0.4 is 9.04 Å². The average molecular weight is 390 g/mol. The molecule has 10 heteroatoms. The van der Waals surface area contributed by atoms with Gasteiger partial charge in [-0.25, -0.2) is 12.7 Å². The Morgan fingerprint density at radius 2 is 1.81 bits per heavy atom. The third kappa shape index (κ3) is 4.88. The molecule has 0 saturated heterocycles. The summed E-state index contributed by atoms with van der Waals surface area (Å²) < 4.78 is 64.1. The van der Waals surface area contributed by atoms with Crippen molar-refractivity contribution in [3.63, 3.8) is 0 Å². The molecule has 0 heterocycles. The number of carbonyl (C=O) groups excluding carboxylic acids is 1. The van der Waals surface area contributed by atoms with Crippen molar-refractivity contribution in [1.29, 1.82) is 0 Å². The number of hydrogen-bond donors (Lipinski definition) is 0. The highest BCUT2D eigenvalue weighted by Crippen LogP contribution is 2.26. The molecule has 1 aromatic rings. The minimum Gasteiger partial charge on any atom is -0.406 e. The van der Waals surface area contributed by atoms with Crippen molar-refractivity contribution in [3.8, 4) is 5.75 Å². The quantitative estimate of drug-likeness (QED) is 0.726. The Balaban J connectivity index is 3.14. The van der Waals surface area contributed by atoms with Gasteiger partial charge in [0.25, 0.3) is 5.91 Å². The first kappa shape index (κ1) is 17.8. The first-order chi connectivity index (χ1) is 9.60. The zero-order valence-corrected chi connectivity index (χ0v) is 13.1. The minimum absolute atomic E-state index is 0.0594. The Hall–Kier alpha value is -1.29. The van der Waals surface area contributed by atoms with Gasteiger partial charge in [-0.3, -0.25) is 4.79 Å². The van der Waals surface area contributed by atoms with E-state index in [0.717, 1.165) is 24.3 Å². The fourth-order valence-electron chi connectivity index (χ4n) is 1.43. The van der Waals surface area contributed by atoms with Crippen LogP contribution in [0.5, 0.6) is 5.75 Å². The van der Waals surface area contributed by atoms with Gasteiger partial charge in [0.05, 0.1) is 16.8 Å². The Bertz CT molecular complexity index is 601. The highest BCUT2D eigenvalue weighted by Gasteiger charge is 2.31. The number of sulfonamides is 1. The molecule has 21 heavy (non-hydrogen) atoms. The van der Waals surface area contributed by atoms with E-state index in [1.165, 1.54) is 6.92 Å². The Morgan fingerprint density at radius 1 is 1.29 bits per heavy atom. The van der Waals surface area contributed by atoms with Gasteiger partial charge in [0, 0.05) is 0 Å². The fourth-order valence-corrected chi connectivity index (χ4v) is 2.92. The number of benzene rings is 1. The molecule has 0 aromatic heterocycles. The molecular weight excluding hydrogens is 379 g/mol. The zero-order valence-electron chi connectivity index (χ0n) is 10.7. The third-order valence-electron chi connectivity index (χ3n) is 2.29. The lowest BCUT2D eigenvalue weighted by Crippen LogP contribution is -2.38. The monoisotopic (exact) mass is 389 g/mol. The molecule has 0 radical (unpaired) electrons. The Kier molecular flexibility index (Phi) is 5.62. The molecule has 0 fully saturated rings. The van der Waals surface area contributed by atoms with E-state index in [1.54, 1.807) is 0 Å². The van der Waals surface area contributed by atoms with E-state index in [-0.39, 0.29) is 16.8 Å². The minimum atomic E-state index is -4.84. The van der Waals surface area contributed by atoms with Crippen LogP contribution in [0.1, 0.15) is 6.92 Å². The van der Waals surface area contributed by atoms with Gasteiger partial charge in [-0.2, -0.15) is 0 Å². The molecule has 0 bridgehead atoms. The van der Waals surface area contributed by atoms with Crippen LogP contribution in [0.25, 0.3) is 0 Å². The lowest BCUT2D eigenvalue weighted by atomic mass is 10.3. The fraction of sp³-hybridized carbons (Fsp3) is 0.364. The molecule has 0 aliphatic heterocycles. The van der Waals surface area contributed by atoms with Crippen LogP contribution in [0.15, 0.2) is 24.3 Å². The average Bonchev–Trinajstić information content (AvgIpc) is 2.39. The van der Waals surface area contributed by atoms with E-state index >= 15 is 0 Å². The molecule has 5 nitrogen and oxygen atoms in total. The predicted molar refractivity (Wildman–Crippen MR) is 73.9 cm³/mol. The summed E-state index contributed by atoms with van der Waals surface area (Å²) in [7, 11) is -3.88. The normalized spacial score (nSPS) is 12.0. The Labute approximate surface area is 127 Å². The van der Waals surface area contributed by atoms with Crippen molar-refractivity contribution >= 4 is 37.5 Å². The summed E-state index contributed by atoms with van der Waals surface area (Å²) in [6.45, 7) is 1.35. The number of amides is 1. The summed E-state index contributed by atoms with van der Waals surface area (Å²) in [6, 6.07) is 3.99. The van der Waals surface area contributed by atoms with Crippen LogP contribution in [0.2, 0.25) is 0 Å². The van der Waals surface area contributed by atoms with Crippen LogP contribution in [-0.2, 0) is 14.8 Å². The molecule has 0 aliphatic carbocycles. The van der Waals surface area contributed by atoms with Gasteiger partial charge in [-0.1, -0.05) is 15.9 Å². The molecule has 0 N–H and O–H groups in total. The molecule has 1 aromatic carbocycles. The summed E-state index contributed by atoms with van der Waals surface area (Å²) >= 11 is 2.86. The van der Waals surface area contributed by atoms with Crippen LogP contribution in [0.4, 0.5) is 18.9 Å². The van der Waals surface area contributed by atoms with Crippen molar-refractivity contribution in [2.24, 2.45) is 0 Å². The van der Waals surface area contributed by atoms with E-state index in [9.17, 15) is 26.4 Å². The van der Waals surface area contributed by atoms with Crippen molar-refractivity contribution in [1.82, 2.24) is 0 Å². The van der Waals surface area contributed by atoms with Crippen LogP contribution in [0, 0.1) is 0 Å². The van der Waals surface area contributed by atoms with Gasteiger partial charge in [-0.05, 0) is 31.2 Å². The summed E-state index contributed by atoms with van der Waals surface area (Å²) in [4.78, 5) is 11.7. The van der Waals surface area contributed by atoms with E-state index in [0.29, 0.717) is 4.31 Å². The van der Waals surface area contributed by atoms with E-state index in [2.05, 4.69) is 20.7 Å². The van der Waals surface area contributed by atoms with Gasteiger partial charge in [0.1, 0.15) is 5.75 Å². The standard InChI is InChI=1S/C11H11BrF3NO4S/c1-2-21(18,19)16(10(17)7-12)8-3-5-9(6-4-8)20-11(13,14)15/h3-6H,2,7H2,1H3. The van der Waals surface area contributed by atoms with E-state index in [4.69, 9.17) is 0 Å². The molecule has 1 rings (SSSR count). The number of anilines is 1. The zero-order chi connectivity index (χ0) is 16.3. The summed E-state index contributed by atoms with van der Waals surface area (Å²) in [5, 5.41) is -0.243. The topological polar surface area (TPSA) is 63.7 Å². The number of alkyl halides is 4. The number of ether oxygens (including phenoxy) is 1. The number of nitrogens with zero attached hydrogens (tertiary/aromatic N) is 1. The van der Waals surface area contributed by atoms with Crippen LogP contribution >= 0.6 is 15.9 Å². The second-order valence-electron chi connectivity index (χ2n) is 3.73. The molecule has 0 aliphatic rings. The molecule has 0 atom stereocenters.